The maximum absolute atomic E-state index is 11.7. The number of carbonyl (C=O) groups is 2. The van der Waals surface area contributed by atoms with Gasteiger partial charge in [-0.05, 0) is 30.7 Å². The van der Waals surface area contributed by atoms with Crippen molar-refractivity contribution in [3.63, 3.8) is 0 Å². The summed E-state index contributed by atoms with van der Waals surface area (Å²) in [5.41, 5.74) is 0.569. The Balaban J connectivity index is 2.43. The average molecular weight is 235 g/mol. The lowest BCUT2D eigenvalue weighted by Crippen LogP contribution is -2.24. The molecule has 0 aliphatic carbocycles. The second-order valence-corrected chi connectivity index (χ2v) is 3.70. The van der Waals surface area contributed by atoms with Crippen LogP contribution in [0.4, 0.5) is 0 Å². The van der Waals surface area contributed by atoms with Gasteiger partial charge in [0.1, 0.15) is 5.75 Å². The van der Waals surface area contributed by atoms with Crippen molar-refractivity contribution in [1.29, 1.82) is 0 Å². The van der Waals surface area contributed by atoms with Crippen molar-refractivity contribution in [3.05, 3.63) is 29.8 Å². The second-order valence-electron chi connectivity index (χ2n) is 3.70. The minimum Gasteiger partial charge on any atom is -0.429 e. The van der Waals surface area contributed by atoms with Gasteiger partial charge in [0.25, 0.3) is 12.4 Å². The Labute approximate surface area is 101 Å². The van der Waals surface area contributed by atoms with E-state index in [2.05, 4.69) is 17.0 Å². The molecule has 0 saturated heterocycles. The van der Waals surface area contributed by atoms with E-state index in [4.69, 9.17) is 0 Å². The smallest absolute Gasteiger partial charge is 0.298 e. The molecule has 4 nitrogen and oxygen atoms in total. The van der Waals surface area contributed by atoms with E-state index in [1.54, 1.807) is 24.3 Å². The summed E-state index contributed by atoms with van der Waals surface area (Å²) in [5, 5.41) is 2.84. The molecule has 1 aromatic rings. The maximum atomic E-state index is 11.7. The van der Waals surface area contributed by atoms with E-state index in [9.17, 15) is 9.59 Å². The van der Waals surface area contributed by atoms with Gasteiger partial charge in [0, 0.05) is 12.1 Å². The molecule has 17 heavy (non-hydrogen) atoms. The van der Waals surface area contributed by atoms with Crippen LogP contribution in [0, 0.1) is 0 Å². The Bertz CT molecular complexity index is 359. The van der Waals surface area contributed by atoms with Gasteiger partial charge in [-0.1, -0.05) is 19.8 Å². The molecule has 1 N–H and O–H groups in total. The fourth-order valence-corrected chi connectivity index (χ4v) is 1.42. The number of amides is 1. The SMILES string of the molecule is CCCCCNC(=O)c1ccc(OC=O)cc1. The molecule has 4 heteroatoms. The number of rotatable bonds is 7. The Morgan fingerprint density at radius 1 is 1.29 bits per heavy atom. The normalized spacial score (nSPS) is 9.71. The van der Waals surface area contributed by atoms with E-state index in [1.165, 1.54) is 0 Å². The molecule has 1 amide bonds. The third-order valence-corrected chi connectivity index (χ3v) is 2.37. The van der Waals surface area contributed by atoms with Gasteiger partial charge in [-0.2, -0.15) is 0 Å². The van der Waals surface area contributed by atoms with Crippen molar-refractivity contribution in [2.24, 2.45) is 0 Å². The molecule has 1 aromatic carbocycles. The minimum absolute atomic E-state index is 0.0984. The van der Waals surface area contributed by atoms with Crippen molar-refractivity contribution in [2.75, 3.05) is 6.54 Å². The van der Waals surface area contributed by atoms with Gasteiger partial charge in [0.15, 0.2) is 0 Å². The number of ether oxygens (including phenoxy) is 1. The van der Waals surface area contributed by atoms with Gasteiger partial charge in [0.2, 0.25) is 0 Å². The lowest BCUT2D eigenvalue weighted by Gasteiger charge is -2.05. The Kier molecular flexibility index (Phi) is 5.79. The zero-order chi connectivity index (χ0) is 12.5. The largest absolute Gasteiger partial charge is 0.429 e. The van der Waals surface area contributed by atoms with Gasteiger partial charge in [0.05, 0.1) is 0 Å². The molecule has 0 radical (unpaired) electrons. The number of hydrogen-bond acceptors (Lipinski definition) is 3. The first-order valence-electron chi connectivity index (χ1n) is 5.76. The van der Waals surface area contributed by atoms with Crippen LogP contribution < -0.4 is 10.1 Å². The van der Waals surface area contributed by atoms with Crippen molar-refractivity contribution in [1.82, 2.24) is 5.32 Å². The monoisotopic (exact) mass is 235 g/mol. The van der Waals surface area contributed by atoms with Crippen molar-refractivity contribution < 1.29 is 14.3 Å². The second kappa shape index (κ2) is 7.44. The van der Waals surface area contributed by atoms with Gasteiger partial charge in [-0.25, -0.2) is 0 Å². The Morgan fingerprint density at radius 2 is 2.00 bits per heavy atom. The Morgan fingerprint density at radius 3 is 2.59 bits per heavy atom. The standard InChI is InChI=1S/C13H17NO3/c1-2-3-4-9-14-13(16)11-5-7-12(8-6-11)17-10-15/h5-8,10H,2-4,9H2,1H3,(H,14,16). The molecule has 92 valence electrons. The predicted molar refractivity (Wildman–Crippen MR) is 65.0 cm³/mol. The van der Waals surface area contributed by atoms with Crippen molar-refractivity contribution in [2.45, 2.75) is 26.2 Å². The zero-order valence-corrected chi connectivity index (χ0v) is 9.94. The fourth-order valence-electron chi connectivity index (χ4n) is 1.42. The van der Waals surface area contributed by atoms with Crippen LogP contribution >= 0.6 is 0 Å². The molecule has 0 spiro atoms. The molecule has 0 aromatic heterocycles. The van der Waals surface area contributed by atoms with E-state index in [0.29, 0.717) is 24.3 Å². The molecule has 1 rings (SSSR count). The highest BCUT2D eigenvalue weighted by Gasteiger charge is 2.04. The molecule has 0 aliphatic heterocycles. The number of carbonyl (C=O) groups excluding carboxylic acids is 2. The maximum Gasteiger partial charge on any atom is 0.298 e. The lowest BCUT2D eigenvalue weighted by molar-refractivity contribution is -0.120. The molecule has 0 saturated carbocycles. The first-order chi connectivity index (χ1) is 8.27. The highest BCUT2D eigenvalue weighted by molar-refractivity contribution is 5.94. The molecule has 0 heterocycles. The van der Waals surface area contributed by atoms with E-state index in [-0.39, 0.29) is 5.91 Å². The molecule has 0 aliphatic rings. The summed E-state index contributed by atoms with van der Waals surface area (Å²) in [6.07, 6.45) is 3.24. The minimum atomic E-state index is -0.0984. The van der Waals surface area contributed by atoms with E-state index >= 15 is 0 Å². The van der Waals surface area contributed by atoms with Crippen LogP contribution in [-0.4, -0.2) is 18.9 Å². The lowest BCUT2D eigenvalue weighted by atomic mass is 10.2. The molecule has 0 atom stereocenters. The van der Waals surface area contributed by atoms with Gasteiger partial charge in [-0.15, -0.1) is 0 Å². The summed E-state index contributed by atoms with van der Waals surface area (Å²) < 4.78 is 4.64. The topological polar surface area (TPSA) is 55.4 Å². The van der Waals surface area contributed by atoms with Crippen LogP contribution in [0.5, 0.6) is 5.75 Å². The third-order valence-electron chi connectivity index (χ3n) is 2.37. The molecular weight excluding hydrogens is 218 g/mol. The van der Waals surface area contributed by atoms with Gasteiger partial charge in [-0.3, -0.25) is 9.59 Å². The molecule has 0 bridgehead atoms. The quantitative estimate of drug-likeness (QED) is 0.582. The van der Waals surface area contributed by atoms with Crippen LogP contribution in [-0.2, 0) is 4.79 Å². The zero-order valence-electron chi connectivity index (χ0n) is 9.94. The van der Waals surface area contributed by atoms with Gasteiger partial charge >= 0.3 is 0 Å². The highest BCUT2D eigenvalue weighted by Crippen LogP contribution is 2.11. The third kappa shape index (κ3) is 4.68. The summed E-state index contributed by atoms with van der Waals surface area (Å²) in [4.78, 5) is 21.7. The first-order valence-corrected chi connectivity index (χ1v) is 5.76. The van der Waals surface area contributed by atoms with Crippen molar-refractivity contribution >= 4 is 12.4 Å². The number of hydrogen-bond donors (Lipinski definition) is 1. The van der Waals surface area contributed by atoms with Crippen LogP contribution in [0.2, 0.25) is 0 Å². The van der Waals surface area contributed by atoms with Crippen LogP contribution in [0.25, 0.3) is 0 Å². The summed E-state index contributed by atoms with van der Waals surface area (Å²) in [7, 11) is 0. The van der Waals surface area contributed by atoms with Gasteiger partial charge < -0.3 is 10.1 Å². The fraction of sp³-hybridized carbons (Fsp3) is 0.385. The Hall–Kier alpha value is -1.84. The first kappa shape index (κ1) is 13.2. The number of unbranched alkanes of at least 4 members (excludes halogenated alkanes) is 2. The number of nitrogens with one attached hydrogen (secondary N) is 1. The van der Waals surface area contributed by atoms with E-state index in [1.807, 2.05) is 0 Å². The van der Waals surface area contributed by atoms with Crippen LogP contribution in [0.1, 0.15) is 36.5 Å². The summed E-state index contributed by atoms with van der Waals surface area (Å²) in [5.74, 6) is 0.335. The van der Waals surface area contributed by atoms with Crippen molar-refractivity contribution in [3.8, 4) is 5.75 Å². The summed E-state index contributed by atoms with van der Waals surface area (Å²) >= 11 is 0. The van der Waals surface area contributed by atoms with E-state index < -0.39 is 0 Å². The molecular formula is C13H17NO3. The highest BCUT2D eigenvalue weighted by atomic mass is 16.5. The van der Waals surface area contributed by atoms with Crippen LogP contribution in [0.3, 0.4) is 0 Å². The molecule has 0 unspecified atom stereocenters. The van der Waals surface area contributed by atoms with E-state index in [0.717, 1.165) is 19.3 Å². The average Bonchev–Trinajstić information content (AvgIpc) is 2.36. The number of benzene rings is 1. The summed E-state index contributed by atoms with van der Waals surface area (Å²) in [6, 6.07) is 6.45. The molecule has 0 fully saturated rings. The van der Waals surface area contributed by atoms with Crippen LogP contribution in [0.15, 0.2) is 24.3 Å². The summed E-state index contributed by atoms with van der Waals surface area (Å²) in [6.45, 7) is 3.17. The predicted octanol–water partition coefficient (Wildman–Crippen LogP) is 2.14.